The molecule has 0 unspecified atom stereocenters. The molecule has 0 aliphatic carbocycles. The van der Waals surface area contributed by atoms with Crippen LogP contribution in [0.25, 0.3) is 0 Å². The minimum absolute atomic E-state index is 0. The third kappa shape index (κ3) is 18.4. The average molecular weight is 240 g/mol. The van der Waals surface area contributed by atoms with Crippen molar-refractivity contribution in [3.8, 4) is 0 Å². The largest absolute Gasteiger partial charge is 2.00 e. The Morgan fingerprint density at radius 2 is 1.27 bits per heavy atom. The first kappa shape index (κ1) is 18.3. The summed E-state index contributed by atoms with van der Waals surface area (Å²) < 4.78 is 22.2. The summed E-state index contributed by atoms with van der Waals surface area (Å²) in [4.78, 5) is 31.0. The van der Waals surface area contributed by atoms with Crippen molar-refractivity contribution in [2.45, 2.75) is 0 Å². The van der Waals surface area contributed by atoms with Crippen LogP contribution in [0.4, 0.5) is 0 Å². The van der Waals surface area contributed by atoms with E-state index in [1.807, 2.05) is 0 Å². The quantitative estimate of drug-likeness (QED) is 0.287. The topological polar surface area (TPSA) is 124 Å². The first-order chi connectivity index (χ1) is 3.71. The zero-order valence-corrected chi connectivity index (χ0v) is 8.99. The number of rotatable bonds is 2. The van der Waals surface area contributed by atoms with Gasteiger partial charge in [-0.2, -0.15) is 4.31 Å². The summed E-state index contributed by atoms with van der Waals surface area (Å²) in [5.74, 6) is 0. The molecule has 0 heterocycles. The van der Waals surface area contributed by atoms with Gasteiger partial charge in [-0.1, -0.05) is 0 Å². The van der Waals surface area contributed by atoms with Gasteiger partial charge in [-0.3, -0.25) is 0 Å². The Morgan fingerprint density at radius 3 is 1.27 bits per heavy atom. The normalized spacial score (nSPS) is 11.3. The van der Waals surface area contributed by atoms with Crippen molar-refractivity contribution in [1.82, 2.24) is 0 Å². The van der Waals surface area contributed by atoms with Gasteiger partial charge < -0.3 is 27.1 Å². The molecule has 0 saturated heterocycles. The van der Waals surface area contributed by atoms with Crippen LogP contribution in [0.5, 0.6) is 0 Å². The molecule has 0 spiro atoms. The predicted octanol–water partition coefficient (Wildman–Crippen LogP) is -3.85. The molecule has 0 rings (SSSR count). The van der Waals surface area contributed by atoms with Gasteiger partial charge in [0, 0.05) is 0 Å². The Hall–Kier alpha value is 1.45. The molecule has 0 amide bonds. The Bertz CT molecular complexity index is 167. The van der Waals surface area contributed by atoms with Crippen LogP contribution < -0.4 is 4.70 Å². The van der Waals surface area contributed by atoms with E-state index in [-0.39, 0.29) is 46.7 Å². The molecule has 0 saturated carbocycles. The van der Waals surface area contributed by atoms with Gasteiger partial charge in [-0.05, 0) is 0 Å². The summed E-state index contributed by atoms with van der Waals surface area (Å²) in [6, 6.07) is 0. The number of hydrogen-bond acceptors (Lipinski definition) is 3. The molecule has 0 aliphatic heterocycles. The summed E-state index contributed by atoms with van der Waals surface area (Å²) in [7, 11) is -10.1. The summed E-state index contributed by atoms with van der Waals surface area (Å²) >= 11 is 0. The Kier molecular flexibility index (Phi) is 9.95. The van der Waals surface area contributed by atoms with Crippen molar-refractivity contribution in [3.63, 3.8) is 0 Å². The molecule has 0 fully saturated rings. The first-order valence-corrected chi connectivity index (χ1v) is 4.59. The second kappa shape index (κ2) is 5.99. The predicted molar refractivity (Wildman–Crippen MR) is 34.3 cm³/mol. The smallest absolute Gasteiger partial charge is 1.00 e. The van der Waals surface area contributed by atoms with E-state index in [4.69, 9.17) is 19.6 Å². The van der Waals surface area contributed by atoms with Crippen molar-refractivity contribution in [1.29, 1.82) is 0 Å². The van der Waals surface area contributed by atoms with E-state index in [1.165, 1.54) is 0 Å². The van der Waals surface area contributed by atoms with E-state index < -0.39 is 15.6 Å². The van der Waals surface area contributed by atoms with Gasteiger partial charge in [-0.25, -0.2) is 9.13 Å². The zero-order valence-electron chi connectivity index (χ0n) is 7.99. The molecule has 4 N–H and O–H groups in total. The standard InChI is InChI=1S/Ca.FH.H4O7P2.2H/c;;1-8(2,3)7-9(4,5)6;;/h;1H;(H2,1,2,3)(H2,4,5,6);;/q+2;;;2*-1. The van der Waals surface area contributed by atoms with Gasteiger partial charge in [0.15, 0.2) is 0 Å². The minimum Gasteiger partial charge on any atom is -1.00 e. The molecular formula is H7CaFO7P2. The van der Waals surface area contributed by atoms with Crippen LogP contribution in [-0.4, -0.2) is 57.3 Å². The van der Waals surface area contributed by atoms with Crippen LogP contribution in [0.3, 0.4) is 0 Å². The fourth-order valence-electron chi connectivity index (χ4n) is 0.139. The molecular weight excluding hydrogens is 233 g/mol. The van der Waals surface area contributed by atoms with Gasteiger partial charge in [0.2, 0.25) is 0 Å². The molecule has 0 aromatic heterocycles. The fraction of sp³-hybridized carbons (Fsp3) is 0. The van der Waals surface area contributed by atoms with E-state index in [0.29, 0.717) is 0 Å². The Balaban J connectivity index is -0.0000000320. The first-order valence-electron chi connectivity index (χ1n) is 1.53. The molecule has 11 heavy (non-hydrogen) atoms. The fourth-order valence-corrected chi connectivity index (χ4v) is 1.25. The summed E-state index contributed by atoms with van der Waals surface area (Å²) in [5, 5.41) is 0. The number of hydrogen-bond donors (Lipinski definition) is 4. The van der Waals surface area contributed by atoms with Crippen molar-refractivity contribution in [3.05, 3.63) is 0 Å². The third-order valence-electron chi connectivity index (χ3n) is 0.213. The van der Waals surface area contributed by atoms with Gasteiger partial charge in [0.25, 0.3) is 0 Å². The number of phosphoric acid groups is 2. The van der Waals surface area contributed by atoms with Crippen molar-refractivity contribution < 1.29 is 42.0 Å². The molecule has 68 valence electrons. The molecule has 0 aromatic rings. The van der Waals surface area contributed by atoms with Crippen LogP contribution in [0, 0.1) is 0 Å². The van der Waals surface area contributed by atoms with Gasteiger partial charge in [-0.15, -0.1) is 0 Å². The monoisotopic (exact) mass is 240 g/mol. The molecule has 11 heteroatoms. The van der Waals surface area contributed by atoms with Crippen LogP contribution in [-0.2, 0) is 13.4 Å². The molecule has 0 aliphatic rings. The van der Waals surface area contributed by atoms with Crippen molar-refractivity contribution >= 4 is 53.4 Å². The van der Waals surface area contributed by atoms with E-state index in [2.05, 4.69) is 4.31 Å². The molecule has 0 atom stereocenters. The SMILES string of the molecule is O=P(O)(O)OP(=O)(O)O.[Ca+2].[F-].[H+].[H-].[H-]. The summed E-state index contributed by atoms with van der Waals surface area (Å²) in [6.45, 7) is 0. The van der Waals surface area contributed by atoms with Crippen LogP contribution in [0.15, 0.2) is 0 Å². The zero-order chi connectivity index (χ0) is 7.71. The third-order valence-corrected chi connectivity index (χ3v) is 1.91. The maximum Gasteiger partial charge on any atom is 2.00 e. The summed E-state index contributed by atoms with van der Waals surface area (Å²) in [6.07, 6.45) is 0. The molecule has 0 aromatic carbocycles. The van der Waals surface area contributed by atoms with E-state index in [1.54, 1.807) is 0 Å². The van der Waals surface area contributed by atoms with Gasteiger partial charge >= 0.3 is 54.8 Å². The maximum absolute atomic E-state index is 9.63. The molecule has 0 radical (unpaired) electrons. The van der Waals surface area contributed by atoms with E-state index in [0.717, 1.165) is 0 Å². The summed E-state index contributed by atoms with van der Waals surface area (Å²) in [5.41, 5.74) is 0. The van der Waals surface area contributed by atoms with Crippen molar-refractivity contribution in [2.75, 3.05) is 0 Å². The second-order valence-corrected chi connectivity index (χ2v) is 3.68. The van der Waals surface area contributed by atoms with E-state index in [9.17, 15) is 9.13 Å². The molecule has 7 nitrogen and oxygen atoms in total. The van der Waals surface area contributed by atoms with Crippen LogP contribution >= 0.6 is 15.6 Å². The maximum atomic E-state index is 9.63. The van der Waals surface area contributed by atoms with Crippen LogP contribution in [0.1, 0.15) is 4.28 Å². The average Bonchev–Trinajstić information content (AvgIpc) is 1.14. The minimum atomic E-state index is -5.05. The Morgan fingerprint density at radius 1 is 1.09 bits per heavy atom. The second-order valence-electron chi connectivity index (χ2n) is 1.06. The van der Waals surface area contributed by atoms with E-state index >= 15 is 0 Å². The molecule has 0 bridgehead atoms. The number of halogens is 1. The Labute approximate surface area is 95.1 Å². The van der Waals surface area contributed by atoms with Crippen molar-refractivity contribution in [2.24, 2.45) is 0 Å². The van der Waals surface area contributed by atoms with Crippen LogP contribution in [0.2, 0.25) is 0 Å². The van der Waals surface area contributed by atoms with Gasteiger partial charge in [0.1, 0.15) is 0 Å². The van der Waals surface area contributed by atoms with Gasteiger partial charge in [0.05, 0.1) is 0 Å².